The van der Waals surface area contributed by atoms with E-state index < -0.39 is 0 Å². The van der Waals surface area contributed by atoms with Crippen molar-refractivity contribution < 1.29 is 4.39 Å². The highest BCUT2D eigenvalue weighted by Crippen LogP contribution is 2.25. The molecule has 2 aromatic rings. The van der Waals surface area contributed by atoms with Crippen LogP contribution < -0.4 is 10.2 Å². The van der Waals surface area contributed by atoms with Crippen LogP contribution in [0.5, 0.6) is 0 Å². The monoisotopic (exact) mass is 304 g/mol. The highest BCUT2D eigenvalue weighted by Gasteiger charge is 2.20. The number of para-hydroxylation sites is 1. The molecule has 3 rings (SSSR count). The van der Waals surface area contributed by atoms with Crippen LogP contribution in [0.1, 0.15) is 29.5 Å². The van der Waals surface area contributed by atoms with Crippen molar-refractivity contribution in [3.05, 3.63) is 52.0 Å². The molecule has 0 amide bonds. The first-order valence-electron chi connectivity index (χ1n) is 7.56. The van der Waals surface area contributed by atoms with Gasteiger partial charge in [-0.2, -0.15) is 0 Å². The fraction of sp³-hybridized carbons (Fsp3) is 0.412. The molecular formula is C17H21FN2S. The number of nitrogens with zero attached hydrogens (tertiary/aromatic N) is 1. The van der Waals surface area contributed by atoms with Crippen molar-refractivity contribution in [1.82, 2.24) is 5.32 Å². The van der Waals surface area contributed by atoms with Crippen LogP contribution in [0.2, 0.25) is 0 Å². The molecule has 4 heteroatoms. The summed E-state index contributed by atoms with van der Waals surface area (Å²) < 4.78 is 13.9. The van der Waals surface area contributed by atoms with Crippen LogP contribution in [0.4, 0.5) is 10.1 Å². The largest absolute Gasteiger partial charge is 0.364 e. The first kappa shape index (κ1) is 14.5. The van der Waals surface area contributed by atoms with E-state index in [1.54, 1.807) is 6.07 Å². The van der Waals surface area contributed by atoms with Crippen molar-refractivity contribution in [3.63, 3.8) is 0 Å². The van der Waals surface area contributed by atoms with Crippen LogP contribution in [0.25, 0.3) is 0 Å². The van der Waals surface area contributed by atoms with Gasteiger partial charge in [0.1, 0.15) is 5.82 Å². The van der Waals surface area contributed by atoms with Crippen molar-refractivity contribution in [2.45, 2.75) is 38.9 Å². The lowest BCUT2D eigenvalue weighted by Gasteiger charge is -2.22. The Morgan fingerprint density at radius 3 is 2.67 bits per heavy atom. The minimum absolute atomic E-state index is 0.147. The van der Waals surface area contributed by atoms with Gasteiger partial charge in [-0.25, -0.2) is 4.39 Å². The molecule has 1 heterocycles. The SMILES string of the molecule is CCN(Cc1ccc(CNC2CC2)s1)c1ccccc1F. The average Bonchev–Trinajstić information content (AvgIpc) is 3.22. The van der Waals surface area contributed by atoms with E-state index in [2.05, 4.69) is 29.3 Å². The second-order valence-electron chi connectivity index (χ2n) is 5.49. The van der Waals surface area contributed by atoms with E-state index in [1.165, 1.54) is 28.7 Å². The molecule has 21 heavy (non-hydrogen) atoms. The first-order chi connectivity index (χ1) is 10.3. The lowest BCUT2D eigenvalue weighted by atomic mass is 10.2. The molecule has 112 valence electrons. The number of thiophene rings is 1. The Balaban J connectivity index is 1.64. The summed E-state index contributed by atoms with van der Waals surface area (Å²) in [4.78, 5) is 4.73. The van der Waals surface area contributed by atoms with Crippen LogP contribution >= 0.6 is 11.3 Å². The molecule has 1 fully saturated rings. The third-order valence-electron chi connectivity index (χ3n) is 3.78. The van der Waals surface area contributed by atoms with Gasteiger partial charge >= 0.3 is 0 Å². The molecule has 0 spiro atoms. The molecule has 0 aliphatic heterocycles. The molecule has 1 aromatic heterocycles. The van der Waals surface area contributed by atoms with Crippen LogP contribution in [0.15, 0.2) is 36.4 Å². The van der Waals surface area contributed by atoms with E-state index in [0.717, 1.165) is 25.7 Å². The maximum absolute atomic E-state index is 13.9. The van der Waals surface area contributed by atoms with Crippen molar-refractivity contribution in [2.24, 2.45) is 0 Å². The lowest BCUT2D eigenvalue weighted by Crippen LogP contribution is -2.22. The Bertz CT molecular complexity index is 592. The number of benzene rings is 1. The molecule has 2 nitrogen and oxygen atoms in total. The first-order valence-corrected chi connectivity index (χ1v) is 8.38. The highest BCUT2D eigenvalue weighted by atomic mass is 32.1. The number of halogens is 1. The topological polar surface area (TPSA) is 15.3 Å². The van der Waals surface area contributed by atoms with E-state index in [4.69, 9.17) is 0 Å². The molecule has 1 aromatic carbocycles. The van der Waals surface area contributed by atoms with Gasteiger partial charge < -0.3 is 10.2 Å². The molecule has 0 atom stereocenters. The minimum atomic E-state index is -0.147. The third-order valence-corrected chi connectivity index (χ3v) is 4.85. The summed E-state index contributed by atoms with van der Waals surface area (Å²) >= 11 is 1.82. The Hall–Kier alpha value is -1.39. The average molecular weight is 304 g/mol. The van der Waals surface area contributed by atoms with Gasteiger partial charge in [0.05, 0.1) is 12.2 Å². The maximum Gasteiger partial charge on any atom is 0.146 e. The zero-order chi connectivity index (χ0) is 14.7. The standard InChI is InChI=1S/C17H21FN2S/c1-2-20(17-6-4-3-5-16(17)18)12-15-10-9-14(21-15)11-19-13-7-8-13/h3-6,9-10,13,19H,2,7-8,11-12H2,1H3. The smallest absolute Gasteiger partial charge is 0.146 e. The third kappa shape index (κ3) is 3.83. The van der Waals surface area contributed by atoms with E-state index >= 15 is 0 Å². The van der Waals surface area contributed by atoms with Crippen LogP contribution in [0, 0.1) is 5.82 Å². The van der Waals surface area contributed by atoms with Gasteiger partial charge in [-0.05, 0) is 44.0 Å². The van der Waals surface area contributed by atoms with Gasteiger partial charge in [0.25, 0.3) is 0 Å². The van der Waals surface area contributed by atoms with Gasteiger partial charge in [0.2, 0.25) is 0 Å². The maximum atomic E-state index is 13.9. The van der Waals surface area contributed by atoms with Crippen LogP contribution in [-0.4, -0.2) is 12.6 Å². The zero-order valence-electron chi connectivity index (χ0n) is 12.3. The fourth-order valence-electron chi connectivity index (χ4n) is 2.40. The predicted molar refractivity (Wildman–Crippen MR) is 87.3 cm³/mol. The quantitative estimate of drug-likeness (QED) is 0.826. The fourth-order valence-corrected chi connectivity index (χ4v) is 3.38. The Kier molecular flexibility index (Phi) is 4.56. The zero-order valence-corrected chi connectivity index (χ0v) is 13.1. The summed E-state index contributed by atoms with van der Waals surface area (Å²) in [6, 6.07) is 12.1. The molecule has 0 radical (unpaired) electrons. The molecule has 1 saturated carbocycles. The van der Waals surface area contributed by atoms with Crippen molar-refractivity contribution in [1.29, 1.82) is 0 Å². The molecule has 1 aliphatic carbocycles. The Morgan fingerprint density at radius 2 is 1.95 bits per heavy atom. The molecule has 0 unspecified atom stereocenters. The Morgan fingerprint density at radius 1 is 1.19 bits per heavy atom. The van der Waals surface area contributed by atoms with Gasteiger partial charge in [0.15, 0.2) is 0 Å². The van der Waals surface area contributed by atoms with E-state index in [-0.39, 0.29) is 5.82 Å². The van der Waals surface area contributed by atoms with Crippen molar-refractivity contribution in [3.8, 4) is 0 Å². The summed E-state index contributed by atoms with van der Waals surface area (Å²) in [5.41, 5.74) is 0.686. The Labute approximate surface area is 129 Å². The predicted octanol–water partition coefficient (Wildman–Crippen LogP) is 4.17. The van der Waals surface area contributed by atoms with Gasteiger partial charge in [-0.15, -0.1) is 11.3 Å². The van der Waals surface area contributed by atoms with E-state index in [0.29, 0.717) is 5.69 Å². The number of hydrogen-bond acceptors (Lipinski definition) is 3. The van der Waals surface area contributed by atoms with Crippen LogP contribution in [0.3, 0.4) is 0 Å². The van der Waals surface area contributed by atoms with E-state index in [1.807, 2.05) is 23.5 Å². The lowest BCUT2D eigenvalue weighted by molar-refractivity contribution is 0.618. The second-order valence-corrected chi connectivity index (χ2v) is 6.74. The normalized spacial score (nSPS) is 14.4. The molecule has 0 saturated heterocycles. The number of nitrogens with one attached hydrogen (secondary N) is 1. The van der Waals surface area contributed by atoms with Crippen molar-refractivity contribution >= 4 is 17.0 Å². The minimum Gasteiger partial charge on any atom is -0.364 e. The summed E-state index contributed by atoms with van der Waals surface area (Å²) in [5, 5.41) is 3.53. The van der Waals surface area contributed by atoms with Crippen molar-refractivity contribution in [2.75, 3.05) is 11.4 Å². The number of anilines is 1. The number of hydrogen-bond donors (Lipinski definition) is 1. The second kappa shape index (κ2) is 6.58. The summed E-state index contributed by atoms with van der Waals surface area (Å²) in [7, 11) is 0. The molecule has 1 N–H and O–H groups in total. The van der Waals surface area contributed by atoms with Gasteiger partial charge in [-0.3, -0.25) is 0 Å². The molecular weight excluding hydrogens is 283 g/mol. The highest BCUT2D eigenvalue weighted by molar-refractivity contribution is 7.12. The molecule has 1 aliphatic rings. The van der Waals surface area contributed by atoms with Crippen LogP contribution in [-0.2, 0) is 13.1 Å². The summed E-state index contributed by atoms with van der Waals surface area (Å²) in [6.45, 7) is 4.59. The van der Waals surface area contributed by atoms with Gasteiger partial charge in [0, 0.05) is 28.9 Å². The summed E-state index contributed by atoms with van der Waals surface area (Å²) in [5.74, 6) is -0.147. The van der Waals surface area contributed by atoms with Gasteiger partial charge in [-0.1, -0.05) is 12.1 Å². The summed E-state index contributed by atoms with van der Waals surface area (Å²) in [6.07, 6.45) is 2.63. The van der Waals surface area contributed by atoms with E-state index in [9.17, 15) is 4.39 Å². The molecule has 0 bridgehead atoms. The number of rotatable bonds is 7.